The van der Waals surface area contributed by atoms with Crippen molar-refractivity contribution < 1.29 is 60.0 Å². The van der Waals surface area contributed by atoms with Gasteiger partial charge in [0.2, 0.25) is 0 Å². The van der Waals surface area contributed by atoms with E-state index in [1.54, 1.807) is 0 Å². The fraction of sp³-hybridized carbons (Fsp3) is 0.400. The van der Waals surface area contributed by atoms with Crippen molar-refractivity contribution in [2.45, 2.75) is 20.8 Å². The molecule has 0 atom stereocenters. The van der Waals surface area contributed by atoms with Crippen LogP contribution in [0.5, 0.6) is 0 Å². The van der Waals surface area contributed by atoms with E-state index in [2.05, 4.69) is 26.3 Å². The minimum absolute atomic E-state index is 0.176. The second kappa shape index (κ2) is 24.0. The summed E-state index contributed by atoms with van der Waals surface area (Å²) in [5, 5.41) is 65.3. The van der Waals surface area contributed by atoms with E-state index < -0.39 is 55.7 Å². The fourth-order valence-corrected chi connectivity index (χ4v) is 0.300. The third kappa shape index (κ3) is 34.2. The van der Waals surface area contributed by atoms with Crippen molar-refractivity contribution in [3.05, 3.63) is 49.1 Å². The topological polar surface area (TPSA) is 230 Å². The van der Waals surface area contributed by atoms with Crippen molar-refractivity contribution in [1.29, 1.82) is 0 Å². The Labute approximate surface area is 186 Å². The van der Waals surface area contributed by atoms with Crippen LogP contribution in [0.1, 0.15) is 20.8 Å². The summed E-state index contributed by atoms with van der Waals surface area (Å²) in [6.45, 7) is 15.1. The summed E-state index contributed by atoms with van der Waals surface area (Å²) in [4.78, 5) is 38.0. The molecule has 0 bridgehead atoms. The summed E-state index contributed by atoms with van der Waals surface area (Å²) in [6.07, 6.45) is 0.833. The van der Waals surface area contributed by atoms with Gasteiger partial charge in [-0.05, 0) is 20.8 Å². The summed E-state index contributed by atoms with van der Waals surface area (Å²) >= 11 is 0. The first-order valence-electron chi connectivity index (χ1n) is 8.40. The number of carboxylic acids is 4. The SMILES string of the molecule is C=C(C)C(=O)O.C=C(C)C(=O)O.C=C(C)C(=O)O.C=CC(=O)O.OCC(CO)(CO)CO. The highest BCUT2D eigenvalue weighted by Crippen LogP contribution is 2.11. The highest BCUT2D eigenvalue weighted by Gasteiger charge is 2.26. The van der Waals surface area contributed by atoms with Crippen LogP contribution in [-0.4, -0.2) is 91.2 Å². The number of aliphatic hydroxyl groups is 4. The van der Waals surface area contributed by atoms with Gasteiger partial charge in [0, 0.05) is 22.8 Å². The van der Waals surface area contributed by atoms with E-state index in [1.165, 1.54) is 20.8 Å². The Kier molecular flexibility index (Phi) is 29.3. The average molecular weight is 466 g/mol. The minimum Gasteiger partial charge on any atom is -0.478 e. The zero-order valence-electron chi connectivity index (χ0n) is 18.4. The summed E-state index contributed by atoms with van der Waals surface area (Å²) < 4.78 is 0. The predicted molar refractivity (Wildman–Crippen MR) is 116 cm³/mol. The zero-order valence-corrected chi connectivity index (χ0v) is 18.4. The second-order valence-electron chi connectivity index (χ2n) is 5.93. The molecule has 12 heteroatoms. The molecule has 186 valence electrons. The standard InChI is InChI=1S/C5H12O4.3C4H6O2.C3H4O2/c6-1-5(2-7,3-8)4-9;3*1-3(2)4(5)6;1-2-3(4)5/h6-9H,1-4H2;3*1H2,2H3,(H,5,6);2H,1H2,(H,4,5). The summed E-state index contributed by atoms with van der Waals surface area (Å²) in [7, 11) is 0. The molecule has 0 aromatic heterocycles. The summed E-state index contributed by atoms with van der Waals surface area (Å²) in [5.41, 5.74) is -0.583. The molecule has 0 saturated heterocycles. The van der Waals surface area contributed by atoms with Crippen LogP contribution in [0.15, 0.2) is 49.1 Å². The number of carboxylic acid groups (broad SMARTS) is 4. The number of hydrogen-bond donors (Lipinski definition) is 8. The maximum Gasteiger partial charge on any atom is 0.330 e. The molecule has 0 rings (SSSR count). The van der Waals surface area contributed by atoms with E-state index >= 15 is 0 Å². The van der Waals surface area contributed by atoms with Gasteiger partial charge in [0.05, 0.1) is 31.8 Å². The highest BCUT2D eigenvalue weighted by atomic mass is 16.4. The third-order valence-electron chi connectivity index (χ3n) is 2.61. The van der Waals surface area contributed by atoms with Crippen molar-refractivity contribution in [3.63, 3.8) is 0 Å². The van der Waals surface area contributed by atoms with Gasteiger partial charge in [0.1, 0.15) is 0 Å². The van der Waals surface area contributed by atoms with Gasteiger partial charge in [-0.1, -0.05) is 26.3 Å². The maximum atomic E-state index is 9.60. The molecule has 0 unspecified atom stereocenters. The lowest BCUT2D eigenvalue weighted by atomic mass is 9.93. The van der Waals surface area contributed by atoms with E-state index in [9.17, 15) is 19.2 Å². The Morgan fingerprint density at radius 3 is 0.750 bits per heavy atom. The molecule has 8 N–H and O–H groups in total. The van der Waals surface area contributed by atoms with Gasteiger partial charge in [-0.3, -0.25) is 0 Å². The van der Waals surface area contributed by atoms with Crippen molar-refractivity contribution in [2.75, 3.05) is 26.4 Å². The smallest absolute Gasteiger partial charge is 0.330 e. The molecule has 0 aromatic rings. The molecule has 0 aliphatic heterocycles. The van der Waals surface area contributed by atoms with Gasteiger partial charge >= 0.3 is 23.9 Å². The van der Waals surface area contributed by atoms with Gasteiger partial charge in [0.25, 0.3) is 0 Å². The summed E-state index contributed by atoms with van der Waals surface area (Å²) in [6, 6.07) is 0. The molecular weight excluding hydrogens is 432 g/mol. The maximum absolute atomic E-state index is 9.60. The van der Waals surface area contributed by atoms with Crippen LogP contribution >= 0.6 is 0 Å². The molecule has 0 radical (unpaired) electrons. The van der Waals surface area contributed by atoms with E-state index in [0.29, 0.717) is 0 Å². The minimum atomic E-state index is -1.11. The van der Waals surface area contributed by atoms with E-state index in [0.717, 1.165) is 6.08 Å². The Hall–Kier alpha value is -3.32. The van der Waals surface area contributed by atoms with Gasteiger partial charge in [0.15, 0.2) is 0 Å². The molecule has 12 nitrogen and oxygen atoms in total. The lowest BCUT2D eigenvalue weighted by molar-refractivity contribution is -0.133. The van der Waals surface area contributed by atoms with Gasteiger partial charge in [-0.15, -0.1) is 0 Å². The Morgan fingerprint density at radius 1 is 0.625 bits per heavy atom. The monoisotopic (exact) mass is 466 g/mol. The van der Waals surface area contributed by atoms with Crippen molar-refractivity contribution >= 4 is 23.9 Å². The molecule has 32 heavy (non-hydrogen) atoms. The molecule has 0 fully saturated rings. The number of rotatable bonds is 8. The Morgan fingerprint density at radius 2 is 0.750 bits per heavy atom. The van der Waals surface area contributed by atoms with Crippen LogP contribution in [0.25, 0.3) is 0 Å². The van der Waals surface area contributed by atoms with Crippen LogP contribution in [-0.2, 0) is 19.2 Å². The van der Waals surface area contributed by atoms with Gasteiger partial charge in [-0.25, -0.2) is 19.2 Å². The van der Waals surface area contributed by atoms with Crippen LogP contribution in [0, 0.1) is 5.41 Å². The van der Waals surface area contributed by atoms with Gasteiger partial charge in [-0.2, -0.15) is 0 Å². The number of aliphatic carboxylic acids is 4. The normalized spacial score (nSPS) is 8.59. The quantitative estimate of drug-likeness (QED) is 0.223. The average Bonchev–Trinajstić information content (AvgIpc) is 2.71. The fourth-order valence-electron chi connectivity index (χ4n) is 0.300. The molecule has 0 aliphatic carbocycles. The van der Waals surface area contributed by atoms with E-state index in [-0.39, 0.29) is 16.7 Å². The lowest BCUT2D eigenvalue weighted by Gasteiger charge is -2.23. The first kappa shape index (κ1) is 39.2. The molecule has 0 heterocycles. The van der Waals surface area contributed by atoms with Crippen molar-refractivity contribution in [2.24, 2.45) is 5.41 Å². The van der Waals surface area contributed by atoms with E-state index in [4.69, 9.17) is 40.9 Å². The van der Waals surface area contributed by atoms with Crippen LogP contribution in [0.3, 0.4) is 0 Å². The van der Waals surface area contributed by atoms with Crippen LogP contribution in [0.4, 0.5) is 0 Å². The Bertz CT molecular complexity index is 520. The lowest BCUT2D eigenvalue weighted by Crippen LogP contribution is -2.37. The largest absolute Gasteiger partial charge is 0.478 e. The zero-order chi connectivity index (χ0) is 27.1. The molecule has 0 aromatic carbocycles. The molecule has 0 saturated carbocycles. The van der Waals surface area contributed by atoms with Crippen molar-refractivity contribution in [1.82, 2.24) is 0 Å². The first-order chi connectivity index (χ1) is 14.4. The molecular formula is C20H34O12. The number of aliphatic hydroxyl groups excluding tert-OH is 4. The molecule has 0 amide bonds. The highest BCUT2D eigenvalue weighted by molar-refractivity contribution is 5.85. The van der Waals surface area contributed by atoms with Crippen LogP contribution < -0.4 is 0 Å². The molecule has 0 spiro atoms. The Balaban J connectivity index is -0.0000000966. The van der Waals surface area contributed by atoms with E-state index in [1.807, 2.05) is 0 Å². The van der Waals surface area contributed by atoms with Gasteiger partial charge < -0.3 is 40.9 Å². The van der Waals surface area contributed by atoms with Crippen LogP contribution in [0.2, 0.25) is 0 Å². The number of hydrogen-bond acceptors (Lipinski definition) is 8. The van der Waals surface area contributed by atoms with Crippen molar-refractivity contribution in [3.8, 4) is 0 Å². The second-order valence-corrected chi connectivity index (χ2v) is 5.93. The molecule has 0 aliphatic rings. The summed E-state index contributed by atoms with van der Waals surface area (Å²) in [5.74, 6) is -3.79. The first-order valence-corrected chi connectivity index (χ1v) is 8.40. The number of carbonyl (C=O) groups is 4. The third-order valence-corrected chi connectivity index (χ3v) is 2.61. The predicted octanol–water partition coefficient (Wildman–Crippen LogP) is 0.140.